The molecule has 1 N–H and O–H groups in total. The molecule has 0 radical (unpaired) electrons. The maximum Gasteiger partial charge on any atom is 0.142 e. The van der Waals surface area contributed by atoms with Crippen molar-refractivity contribution in [3.63, 3.8) is 0 Å². The van der Waals surface area contributed by atoms with E-state index >= 15 is 0 Å². The zero-order chi connectivity index (χ0) is 12.3. The van der Waals surface area contributed by atoms with E-state index in [0.717, 1.165) is 18.5 Å². The van der Waals surface area contributed by atoms with Crippen molar-refractivity contribution in [3.8, 4) is 0 Å². The standard InChI is InChI=1S/C14H19ClFN/c1-17-10-14(7-2-3-8-14)9-11-5-4-6-12(16)13(11)15/h4-6,17H,2-3,7-10H2,1H3. The maximum absolute atomic E-state index is 13.4. The normalized spacial score (nSPS) is 18.5. The van der Waals surface area contributed by atoms with E-state index in [1.165, 1.54) is 31.7 Å². The second-order valence-electron chi connectivity index (χ2n) is 5.13. The molecule has 17 heavy (non-hydrogen) atoms. The molecular formula is C14H19ClFN. The molecule has 0 bridgehead atoms. The average Bonchev–Trinajstić information content (AvgIpc) is 2.74. The fraction of sp³-hybridized carbons (Fsp3) is 0.571. The van der Waals surface area contributed by atoms with E-state index in [4.69, 9.17) is 11.6 Å². The Labute approximate surface area is 107 Å². The Hall–Kier alpha value is -0.600. The molecule has 0 unspecified atom stereocenters. The lowest BCUT2D eigenvalue weighted by Gasteiger charge is -2.29. The Bertz CT molecular complexity index is 386. The van der Waals surface area contributed by atoms with Crippen LogP contribution in [0.5, 0.6) is 0 Å². The summed E-state index contributed by atoms with van der Waals surface area (Å²) in [6.45, 7) is 0.986. The van der Waals surface area contributed by atoms with Crippen molar-refractivity contribution in [1.82, 2.24) is 5.32 Å². The van der Waals surface area contributed by atoms with Gasteiger partial charge >= 0.3 is 0 Å². The molecule has 1 aliphatic carbocycles. The predicted molar refractivity (Wildman–Crippen MR) is 69.9 cm³/mol. The Balaban J connectivity index is 2.20. The Morgan fingerprint density at radius 1 is 1.35 bits per heavy atom. The highest BCUT2D eigenvalue weighted by atomic mass is 35.5. The highest BCUT2D eigenvalue weighted by Crippen LogP contribution is 2.41. The molecule has 1 nitrogen and oxygen atoms in total. The zero-order valence-corrected chi connectivity index (χ0v) is 11.0. The SMILES string of the molecule is CNCC1(Cc2cccc(F)c2Cl)CCCC1. The Morgan fingerprint density at radius 2 is 2.06 bits per heavy atom. The van der Waals surface area contributed by atoms with Gasteiger partial charge in [-0.25, -0.2) is 4.39 Å². The van der Waals surface area contributed by atoms with Crippen LogP contribution < -0.4 is 5.32 Å². The first-order chi connectivity index (χ1) is 8.17. The summed E-state index contributed by atoms with van der Waals surface area (Å²) < 4.78 is 13.4. The van der Waals surface area contributed by atoms with Gasteiger partial charge in [0, 0.05) is 6.54 Å². The van der Waals surface area contributed by atoms with Gasteiger partial charge in [-0.3, -0.25) is 0 Å². The molecule has 1 fully saturated rings. The van der Waals surface area contributed by atoms with Crippen LogP contribution in [0.1, 0.15) is 31.2 Å². The van der Waals surface area contributed by atoms with E-state index < -0.39 is 0 Å². The summed E-state index contributed by atoms with van der Waals surface area (Å²) in [5.41, 5.74) is 1.22. The first-order valence-electron chi connectivity index (χ1n) is 6.24. The largest absolute Gasteiger partial charge is 0.319 e. The summed E-state index contributed by atoms with van der Waals surface area (Å²) in [7, 11) is 1.98. The minimum absolute atomic E-state index is 0.270. The number of hydrogen-bond acceptors (Lipinski definition) is 1. The fourth-order valence-electron chi connectivity index (χ4n) is 3.01. The summed E-state index contributed by atoms with van der Waals surface area (Å²) in [5.74, 6) is -0.304. The lowest BCUT2D eigenvalue weighted by Crippen LogP contribution is -2.32. The molecule has 3 heteroatoms. The van der Waals surface area contributed by atoms with Crippen molar-refractivity contribution in [1.29, 1.82) is 0 Å². The summed E-state index contributed by atoms with van der Waals surface area (Å²) in [6.07, 6.45) is 5.84. The minimum atomic E-state index is -0.304. The van der Waals surface area contributed by atoms with Crippen LogP contribution in [0, 0.1) is 11.2 Å². The van der Waals surface area contributed by atoms with Crippen LogP contribution in [0.4, 0.5) is 4.39 Å². The van der Waals surface area contributed by atoms with Crippen LogP contribution in [0.25, 0.3) is 0 Å². The minimum Gasteiger partial charge on any atom is -0.319 e. The van der Waals surface area contributed by atoms with Gasteiger partial charge in [-0.05, 0) is 43.4 Å². The van der Waals surface area contributed by atoms with Crippen molar-refractivity contribution in [2.45, 2.75) is 32.1 Å². The van der Waals surface area contributed by atoms with E-state index in [1.54, 1.807) is 6.07 Å². The number of benzene rings is 1. The molecule has 0 atom stereocenters. The second-order valence-corrected chi connectivity index (χ2v) is 5.51. The van der Waals surface area contributed by atoms with Gasteiger partial charge in [-0.15, -0.1) is 0 Å². The summed E-state index contributed by atoms with van der Waals surface area (Å²) in [6, 6.07) is 5.12. The van der Waals surface area contributed by atoms with E-state index in [9.17, 15) is 4.39 Å². The molecule has 0 saturated heterocycles. The van der Waals surface area contributed by atoms with Crippen molar-refractivity contribution in [2.24, 2.45) is 5.41 Å². The molecule has 1 aromatic rings. The van der Waals surface area contributed by atoms with Crippen LogP contribution in [0.2, 0.25) is 5.02 Å². The summed E-state index contributed by atoms with van der Waals surface area (Å²) in [4.78, 5) is 0. The second kappa shape index (κ2) is 5.36. The molecule has 0 spiro atoms. The van der Waals surface area contributed by atoms with Gasteiger partial charge < -0.3 is 5.32 Å². The van der Waals surface area contributed by atoms with E-state index in [2.05, 4.69) is 5.32 Å². The molecule has 1 aliphatic rings. The van der Waals surface area contributed by atoms with Crippen molar-refractivity contribution < 1.29 is 4.39 Å². The number of hydrogen-bond donors (Lipinski definition) is 1. The smallest absolute Gasteiger partial charge is 0.142 e. The van der Waals surface area contributed by atoms with Crippen LogP contribution in [-0.4, -0.2) is 13.6 Å². The molecule has 1 saturated carbocycles. The first-order valence-corrected chi connectivity index (χ1v) is 6.62. The molecule has 0 aromatic heterocycles. The third-order valence-electron chi connectivity index (χ3n) is 3.81. The Morgan fingerprint density at radius 3 is 2.71 bits per heavy atom. The highest BCUT2D eigenvalue weighted by molar-refractivity contribution is 6.31. The molecule has 1 aromatic carbocycles. The lowest BCUT2D eigenvalue weighted by atomic mass is 9.80. The van der Waals surface area contributed by atoms with E-state index in [-0.39, 0.29) is 11.2 Å². The van der Waals surface area contributed by atoms with Crippen molar-refractivity contribution in [2.75, 3.05) is 13.6 Å². The van der Waals surface area contributed by atoms with Gasteiger partial charge in [-0.2, -0.15) is 0 Å². The molecule has 0 aliphatic heterocycles. The maximum atomic E-state index is 13.4. The van der Waals surface area contributed by atoms with E-state index in [0.29, 0.717) is 5.02 Å². The first kappa shape index (κ1) is 12.8. The molecule has 0 heterocycles. The molecule has 0 amide bonds. The molecule has 2 rings (SSSR count). The van der Waals surface area contributed by atoms with Gasteiger partial charge in [0.1, 0.15) is 5.82 Å². The van der Waals surface area contributed by atoms with Crippen LogP contribution in [0.3, 0.4) is 0 Å². The van der Waals surface area contributed by atoms with Crippen LogP contribution in [0.15, 0.2) is 18.2 Å². The quantitative estimate of drug-likeness (QED) is 0.863. The zero-order valence-electron chi connectivity index (χ0n) is 10.2. The van der Waals surface area contributed by atoms with Crippen LogP contribution in [-0.2, 0) is 6.42 Å². The third kappa shape index (κ3) is 2.80. The van der Waals surface area contributed by atoms with Gasteiger partial charge in [0.05, 0.1) is 5.02 Å². The number of rotatable bonds is 4. The number of halogens is 2. The fourth-order valence-corrected chi connectivity index (χ4v) is 3.20. The molecule has 94 valence electrons. The van der Waals surface area contributed by atoms with E-state index in [1.807, 2.05) is 13.1 Å². The van der Waals surface area contributed by atoms with Gasteiger partial charge in [0.2, 0.25) is 0 Å². The van der Waals surface area contributed by atoms with Crippen molar-refractivity contribution >= 4 is 11.6 Å². The third-order valence-corrected chi connectivity index (χ3v) is 4.24. The van der Waals surface area contributed by atoms with Gasteiger partial charge in [-0.1, -0.05) is 36.6 Å². The average molecular weight is 256 g/mol. The van der Waals surface area contributed by atoms with Gasteiger partial charge in [0.15, 0.2) is 0 Å². The van der Waals surface area contributed by atoms with Crippen molar-refractivity contribution in [3.05, 3.63) is 34.6 Å². The Kier molecular flexibility index (Phi) is 4.05. The lowest BCUT2D eigenvalue weighted by molar-refractivity contribution is 0.285. The topological polar surface area (TPSA) is 12.0 Å². The van der Waals surface area contributed by atoms with Gasteiger partial charge in [0.25, 0.3) is 0 Å². The highest BCUT2D eigenvalue weighted by Gasteiger charge is 2.33. The monoisotopic (exact) mass is 255 g/mol. The summed E-state index contributed by atoms with van der Waals surface area (Å²) in [5, 5.41) is 3.57. The number of nitrogens with one attached hydrogen (secondary N) is 1. The van der Waals surface area contributed by atoms with Crippen LogP contribution >= 0.6 is 11.6 Å². The molecular weight excluding hydrogens is 237 g/mol. The predicted octanol–water partition coefficient (Wildman–Crippen LogP) is 3.80. The summed E-state index contributed by atoms with van der Waals surface area (Å²) >= 11 is 6.04.